The molecular weight excluding hydrogens is 240 g/mol. The number of nitrogens with two attached hydrogens (primary N) is 1. The lowest BCUT2D eigenvalue weighted by Gasteiger charge is -2.11. The van der Waals surface area contributed by atoms with Gasteiger partial charge in [0.2, 0.25) is 10.0 Å². The Balaban J connectivity index is 2.21. The molecule has 6 nitrogen and oxygen atoms in total. The van der Waals surface area contributed by atoms with Gasteiger partial charge in [-0.05, 0) is 25.2 Å². The van der Waals surface area contributed by atoms with Crippen LogP contribution < -0.4 is 10.5 Å². The first-order chi connectivity index (χ1) is 7.88. The lowest BCUT2D eigenvalue weighted by molar-refractivity contribution is 0.529. The molecule has 0 atom stereocenters. The maximum absolute atomic E-state index is 12.1. The second-order valence-corrected chi connectivity index (χ2v) is 6.67. The van der Waals surface area contributed by atoms with Gasteiger partial charge in [-0.1, -0.05) is 6.92 Å². The van der Waals surface area contributed by atoms with Crippen LogP contribution in [0, 0.1) is 12.3 Å². The number of nitrogens with one attached hydrogen (secondary N) is 2. The number of nitrogens with zero attached hydrogens (tertiary/aromatic N) is 1. The zero-order valence-corrected chi connectivity index (χ0v) is 10.9. The molecule has 0 aliphatic heterocycles. The summed E-state index contributed by atoms with van der Waals surface area (Å²) in [6.07, 6.45) is 2.15. The average molecular weight is 258 g/mol. The van der Waals surface area contributed by atoms with Crippen molar-refractivity contribution < 1.29 is 8.42 Å². The highest BCUT2D eigenvalue weighted by atomic mass is 32.2. The fraction of sp³-hybridized carbons (Fsp3) is 0.700. The highest BCUT2D eigenvalue weighted by Crippen LogP contribution is 2.44. The Kier molecular flexibility index (Phi) is 3.01. The van der Waals surface area contributed by atoms with E-state index < -0.39 is 10.0 Å². The Hall–Kier alpha value is -0.920. The van der Waals surface area contributed by atoms with Gasteiger partial charge in [-0.25, -0.2) is 13.1 Å². The van der Waals surface area contributed by atoms with Crippen molar-refractivity contribution in [2.45, 2.75) is 38.1 Å². The third kappa shape index (κ3) is 2.51. The Morgan fingerprint density at radius 2 is 2.18 bits per heavy atom. The van der Waals surface area contributed by atoms with Gasteiger partial charge >= 0.3 is 0 Å². The van der Waals surface area contributed by atoms with Crippen LogP contribution in [0.5, 0.6) is 0 Å². The minimum absolute atomic E-state index is 0.109. The van der Waals surface area contributed by atoms with E-state index in [9.17, 15) is 8.42 Å². The van der Waals surface area contributed by atoms with Crippen molar-refractivity contribution in [3.05, 3.63) is 11.4 Å². The van der Waals surface area contributed by atoms with E-state index in [4.69, 9.17) is 5.73 Å². The van der Waals surface area contributed by atoms with Crippen LogP contribution in [-0.2, 0) is 16.6 Å². The van der Waals surface area contributed by atoms with E-state index >= 15 is 0 Å². The first-order valence-corrected chi connectivity index (χ1v) is 7.10. The van der Waals surface area contributed by atoms with E-state index in [0.717, 1.165) is 12.8 Å². The number of H-pyrrole nitrogens is 1. The van der Waals surface area contributed by atoms with E-state index in [0.29, 0.717) is 17.9 Å². The standard InChI is InChI=1S/C10H18N4O2S/c1-7-9(8(5-11)14-13-7)17(15,16)12-6-10(2)3-4-10/h12H,3-6,11H2,1-2H3,(H,13,14). The van der Waals surface area contributed by atoms with E-state index in [1.807, 2.05) is 0 Å². The Morgan fingerprint density at radius 3 is 2.71 bits per heavy atom. The molecule has 1 aliphatic carbocycles. The van der Waals surface area contributed by atoms with Crippen LogP contribution >= 0.6 is 0 Å². The van der Waals surface area contributed by atoms with Crippen LogP contribution in [0.25, 0.3) is 0 Å². The number of sulfonamides is 1. The summed E-state index contributed by atoms with van der Waals surface area (Å²) in [6, 6.07) is 0. The molecule has 0 bridgehead atoms. The number of aryl methyl sites for hydroxylation is 1. The molecule has 1 heterocycles. The lowest BCUT2D eigenvalue weighted by Crippen LogP contribution is -2.30. The summed E-state index contributed by atoms with van der Waals surface area (Å²) in [4.78, 5) is 0.198. The van der Waals surface area contributed by atoms with Gasteiger partial charge in [0.25, 0.3) is 0 Å². The highest BCUT2D eigenvalue weighted by molar-refractivity contribution is 7.89. The monoisotopic (exact) mass is 258 g/mol. The van der Waals surface area contributed by atoms with Crippen molar-refractivity contribution in [3.63, 3.8) is 0 Å². The smallest absolute Gasteiger partial charge is 0.244 e. The summed E-state index contributed by atoms with van der Waals surface area (Å²) in [5, 5.41) is 6.55. The van der Waals surface area contributed by atoms with Crippen LogP contribution in [0.3, 0.4) is 0 Å². The van der Waals surface area contributed by atoms with Crippen molar-refractivity contribution in [2.24, 2.45) is 11.1 Å². The van der Waals surface area contributed by atoms with Crippen LogP contribution in [0.2, 0.25) is 0 Å². The minimum Gasteiger partial charge on any atom is -0.325 e. The van der Waals surface area contributed by atoms with Gasteiger partial charge in [0.15, 0.2) is 0 Å². The van der Waals surface area contributed by atoms with Crippen LogP contribution in [0.1, 0.15) is 31.2 Å². The maximum atomic E-state index is 12.1. The first kappa shape index (κ1) is 12.5. The fourth-order valence-electron chi connectivity index (χ4n) is 1.70. The Labute approximate surface area is 101 Å². The zero-order valence-electron chi connectivity index (χ0n) is 10.1. The van der Waals surface area contributed by atoms with Crippen molar-refractivity contribution in [1.82, 2.24) is 14.9 Å². The SMILES string of the molecule is Cc1[nH]nc(CN)c1S(=O)(=O)NCC1(C)CC1. The van der Waals surface area contributed by atoms with Crippen LogP contribution in [0.4, 0.5) is 0 Å². The molecule has 1 aliphatic rings. The van der Waals surface area contributed by atoms with E-state index in [2.05, 4.69) is 21.8 Å². The minimum atomic E-state index is -3.51. The first-order valence-electron chi connectivity index (χ1n) is 5.61. The molecule has 17 heavy (non-hydrogen) atoms. The van der Waals surface area contributed by atoms with E-state index in [-0.39, 0.29) is 16.9 Å². The van der Waals surface area contributed by atoms with Crippen molar-refractivity contribution in [2.75, 3.05) is 6.54 Å². The molecule has 0 spiro atoms. The molecule has 0 saturated heterocycles. The highest BCUT2D eigenvalue weighted by Gasteiger charge is 2.38. The van der Waals surface area contributed by atoms with Crippen molar-refractivity contribution in [1.29, 1.82) is 0 Å². The average Bonchev–Trinajstić information content (AvgIpc) is 2.87. The number of rotatable bonds is 5. The second kappa shape index (κ2) is 4.08. The largest absolute Gasteiger partial charge is 0.325 e. The van der Waals surface area contributed by atoms with Crippen molar-refractivity contribution >= 4 is 10.0 Å². The molecule has 1 fully saturated rings. The zero-order chi connectivity index (χ0) is 12.7. The summed E-state index contributed by atoms with van der Waals surface area (Å²) in [5.41, 5.74) is 6.52. The number of hydrogen-bond acceptors (Lipinski definition) is 4. The molecule has 2 rings (SSSR count). The third-order valence-corrected chi connectivity index (χ3v) is 4.82. The molecule has 0 radical (unpaired) electrons. The second-order valence-electron chi connectivity index (χ2n) is 4.96. The van der Waals surface area contributed by atoms with E-state index in [1.54, 1.807) is 6.92 Å². The quantitative estimate of drug-likeness (QED) is 0.705. The molecule has 96 valence electrons. The molecule has 7 heteroatoms. The van der Waals surface area contributed by atoms with Crippen LogP contribution in [0.15, 0.2) is 4.90 Å². The summed E-state index contributed by atoms with van der Waals surface area (Å²) in [7, 11) is -3.51. The maximum Gasteiger partial charge on any atom is 0.244 e. The number of hydrogen-bond donors (Lipinski definition) is 3. The molecule has 4 N–H and O–H groups in total. The molecular formula is C10H18N4O2S. The van der Waals surface area contributed by atoms with Crippen LogP contribution in [-0.4, -0.2) is 25.2 Å². The molecule has 0 unspecified atom stereocenters. The van der Waals surface area contributed by atoms with Gasteiger partial charge in [0, 0.05) is 13.1 Å². The van der Waals surface area contributed by atoms with Crippen molar-refractivity contribution in [3.8, 4) is 0 Å². The Morgan fingerprint density at radius 1 is 1.53 bits per heavy atom. The molecule has 0 amide bonds. The Bertz CT molecular complexity index is 516. The molecule has 1 aromatic heterocycles. The summed E-state index contributed by atoms with van der Waals surface area (Å²) in [5.74, 6) is 0. The van der Waals surface area contributed by atoms with Gasteiger partial charge in [-0.2, -0.15) is 5.10 Å². The van der Waals surface area contributed by atoms with Gasteiger partial charge in [-0.3, -0.25) is 5.10 Å². The summed E-state index contributed by atoms with van der Waals surface area (Å²) >= 11 is 0. The normalized spacial score (nSPS) is 18.3. The van der Waals surface area contributed by atoms with Gasteiger partial charge in [0.1, 0.15) is 4.90 Å². The predicted molar refractivity (Wildman–Crippen MR) is 63.7 cm³/mol. The van der Waals surface area contributed by atoms with Gasteiger partial charge in [0.05, 0.1) is 11.4 Å². The topological polar surface area (TPSA) is 101 Å². The fourth-order valence-corrected chi connectivity index (χ4v) is 3.27. The van der Waals surface area contributed by atoms with E-state index in [1.165, 1.54) is 0 Å². The molecule has 1 aromatic rings. The summed E-state index contributed by atoms with van der Waals surface area (Å²) in [6.45, 7) is 4.34. The lowest BCUT2D eigenvalue weighted by atomic mass is 10.2. The number of aromatic amines is 1. The summed E-state index contributed by atoms with van der Waals surface area (Å²) < 4.78 is 26.9. The number of aromatic nitrogens is 2. The molecule has 1 saturated carbocycles. The predicted octanol–water partition coefficient (Wildman–Crippen LogP) is 0.255. The van der Waals surface area contributed by atoms with Gasteiger partial charge < -0.3 is 5.73 Å². The third-order valence-electron chi connectivity index (χ3n) is 3.22. The van der Waals surface area contributed by atoms with Gasteiger partial charge in [-0.15, -0.1) is 0 Å². The molecule has 0 aromatic carbocycles.